The molecule has 0 bridgehead atoms. The van der Waals surface area contributed by atoms with E-state index in [1.165, 1.54) is 33.6 Å². The Morgan fingerprint density at radius 2 is 1.75 bits per heavy atom. The van der Waals surface area contributed by atoms with Crippen LogP contribution in [-0.4, -0.2) is 0 Å². The Balaban J connectivity index is 2.15. The van der Waals surface area contributed by atoms with Crippen LogP contribution in [0.5, 0.6) is 0 Å². The van der Waals surface area contributed by atoms with Crippen molar-refractivity contribution >= 4 is 16.9 Å². The quantitative estimate of drug-likeness (QED) is 0.629. The molecule has 0 unspecified atom stereocenters. The lowest BCUT2D eigenvalue weighted by atomic mass is 9.73. The van der Waals surface area contributed by atoms with Gasteiger partial charge in [0.15, 0.2) is 0 Å². The number of nitrogens with one attached hydrogen (secondary N) is 1. The summed E-state index contributed by atoms with van der Waals surface area (Å²) in [4.78, 5) is 0. The molecule has 1 aliphatic heterocycles. The first kappa shape index (κ1) is 16.3. The lowest BCUT2D eigenvalue weighted by Gasteiger charge is -2.36. The fraction of sp³-hybridized carbons (Fsp3) is 0.217. The highest BCUT2D eigenvalue weighted by atomic mass is 14.9. The molecule has 2 aromatic rings. The summed E-state index contributed by atoms with van der Waals surface area (Å²) < 4.78 is 0. The van der Waals surface area contributed by atoms with Gasteiger partial charge in [-0.15, -0.1) is 0 Å². The molecular weight excluding hydrogens is 290 g/mol. The van der Waals surface area contributed by atoms with Gasteiger partial charge in [-0.2, -0.15) is 0 Å². The summed E-state index contributed by atoms with van der Waals surface area (Å²) in [7, 11) is 0. The maximum Gasteiger partial charge on any atom is 0.0426 e. The van der Waals surface area contributed by atoms with E-state index in [1.54, 1.807) is 0 Å². The van der Waals surface area contributed by atoms with Crippen molar-refractivity contribution in [3.63, 3.8) is 0 Å². The number of rotatable bonds is 3. The molecule has 0 saturated heterocycles. The predicted octanol–water partition coefficient (Wildman–Crippen LogP) is 6.61. The van der Waals surface area contributed by atoms with Gasteiger partial charge in [-0.25, -0.2) is 0 Å². The molecule has 0 fully saturated rings. The molecule has 2 aromatic carbocycles. The zero-order valence-corrected chi connectivity index (χ0v) is 15.0. The zero-order valence-electron chi connectivity index (χ0n) is 15.0. The molecule has 0 saturated carbocycles. The second kappa shape index (κ2) is 6.16. The van der Waals surface area contributed by atoms with Crippen LogP contribution in [0.1, 0.15) is 44.4 Å². The summed E-state index contributed by atoms with van der Waals surface area (Å²) in [6, 6.07) is 15.3. The fourth-order valence-electron chi connectivity index (χ4n) is 3.45. The lowest BCUT2D eigenvalue weighted by Crippen LogP contribution is -2.26. The first-order chi connectivity index (χ1) is 11.4. The van der Waals surface area contributed by atoms with Crippen molar-refractivity contribution in [3.05, 3.63) is 89.5 Å². The number of fused-ring (bicyclic) bond motifs is 2. The van der Waals surface area contributed by atoms with E-state index in [0.29, 0.717) is 0 Å². The molecule has 0 atom stereocenters. The van der Waals surface area contributed by atoms with Crippen LogP contribution in [0.3, 0.4) is 0 Å². The molecule has 24 heavy (non-hydrogen) atoms. The summed E-state index contributed by atoms with van der Waals surface area (Å²) in [5, 5.41) is 3.58. The molecule has 1 heterocycles. The first-order valence-electron chi connectivity index (χ1n) is 8.45. The highest BCUT2D eigenvalue weighted by Crippen LogP contribution is 2.45. The van der Waals surface area contributed by atoms with Crippen LogP contribution in [0.25, 0.3) is 5.57 Å². The van der Waals surface area contributed by atoms with Gasteiger partial charge in [-0.05, 0) is 54.3 Å². The number of para-hydroxylation sites is 1. The molecule has 1 nitrogen and oxygen atoms in total. The highest BCUT2D eigenvalue weighted by Gasteiger charge is 2.32. The minimum atomic E-state index is -0.0303. The monoisotopic (exact) mass is 315 g/mol. The van der Waals surface area contributed by atoms with Gasteiger partial charge in [0, 0.05) is 16.8 Å². The molecule has 0 spiro atoms. The van der Waals surface area contributed by atoms with Crippen molar-refractivity contribution in [1.82, 2.24) is 0 Å². The van der Waals surface area contributed by atoms with Crippen LogP contribution in [0.15, 0.2) is 72.8 Å². The van der Waals surface area contributed by atoms with Crippen molar-refractivity contribution in [3.8, 4) is 0 Å². The molecule has 0 aromatic heterocycles. The van der Waals surface area contributed by atoms with Crippen molar-refractivity contribution in [2.24, 2.45) is 0 Å². The molecular formula is C23H25N. The summed E-state index contributed by atoms with van der Waals surface area (Å²) >= 11 is 0. The Morgan fingerprint density at radius 3 is 2.46 bits per heavy atom. The highest BCUT2D eigenvalue weighted by molar-refractivity contribution is 5.81. The van der Waals surface area contributed by atoms with E-state index >= 15 is 0 Å². The largest absolute Gasteiger partial charge is 0.355 e. The summed E-state index contributed by atoms with van der Waals surface area (Å²) in [6.45, 7) is 12.7. The predicted molar refractivity (Wildman–Crippen MR) is 106 cm³/mol. The van der Waals surface area contributed by atoms with Gasteiger partial charge in [0.1, 0.15) is 0 Å². The van der Waals surface area contributed by atoms with E-state index in [1.807, 2.05) is 13.8 Å². The van der Waals surface area contributed by atoms with Crippen LogP contribution < -0.4 is 5.32 Å². The van der Waals surface area contributed by atoms with Crippen LogP contribution >= 0.6 is 0 Å². The van der Waals surface area contributed by atoms with Crippen molar-refractivity contribution in [2.75, 3.05) is 5.32 Å². The average molecular weight is 315 g/mol. The minimum absolute atomic E-state index is 0.0303. The maximum atomic E-state index is 4.03. The Hall–Kier alpha value is -2.54. The van der Waals surface area contributed by atoms with Crippen molar-refractivity contribution in [2.45, 2.75) is 33.1 Å². The van der Waals surface area contributed by atoms with E-state index in [9.17, 15) is 0 Å². The third-order valence-electron chi connectivity index (χ3n) is 4.64. The Labute approximate surface area is 145 Å². The zero-order chi connectivity index (χ0) is 17.3. The number of anilines is 2. The standard InChI is InChI=1S/C23H25N/c1-6-9-17(14-16(2)3)18-12-13-22-20(15-18)23(4,5)19-10-7-8-11-21(19)24-22/h6-15,24H,2H2,1,3-5H3/b9-6-,17-14+. The van der Waals surface area contributed by atoms with E-state index in [-0.39, 0.29) is 5.41 Å². The molecule has 1 aliphatic rings. The SMILES string of the molecule is C=C(C)/C=C(\C=C/C)c1ccc2c(c1)C(C)(C)c1ccccc1N2. The van der Waals surface area contributed by atoms with Gasteiger partial charge in [-0.1, -0.05) is 68.5 Å². The third-order valence-corrected chi connectivity index (χ3v) is 4.64. The van der Waals surface area contributed by atoms with E-state index in [0.717, 1.165) is 5.57 Å². The number of hydrogen-bond acceptors (Lipinski definition) is 1. The van der Waals surface area contributed by atoms with Crippen LogP contribution in [0.2, 0.25) is 0 Å². The summed E-state index contributed by atoms with van der Waals surface area (Å²) in [5.41, 5.74) is 8.51. The van der Waals surface area contributed by atoms with Gasteiger partial charge < -0.3 is 5.32 Å². The smallest absolute Gasteiger partial charge is 0.0426 e. The topological polar surface area (TPSA) is 12.0 Å². The van der Waals surface area contributed by atoms with Crippen LogP contribution in [0, 0.1) is 0 Å². The fourth-order valence-corrected chi connectivity index (χ4v) is 3.45. The van der Waals surface area contributed by atoms with E-state index in [4.69, 9.17) is 0 Å². The Morgan fingerprint density at radius 1 is 1.04 bits per heavy atom. The molecule has 3 rings (SSSR count). The number of benzene rings is 2. The first-order valence-corrected chi connectivity index (χ1v) is 8.45. The normalized spacial score (nSPS) is 15.6. The second-order valence-corrected chi connectivity index (χ2v) is 7.00. The minimum Gasteiger partial charge on any atom is -0.355 e. The third kappa shape index (κ3) is 2.82. The second-order valence-electron chi connectivity index (χ2n) is 7.00. The van der Waals surface area contributed by atoms with Gasteiger partial charge in [0.05, 0.1) is 0 Å². The van der Waals surface area contributed by atoms with Crippen molar-refractivity contribution in [1.29, 1.82) is 0 Å². The average Bonchev–Trinajstić information content (AvgIpc) is 2.54. The van der Waals surface area contributed by atoms with E-state index in [2.05, 4.69) is 86.4 Å². The van der Waals surface area contributed by atoms with Crippen molar-refractivity contribution < 1.29 is 0 Å². The number of hydrogen-bond donors (Lipinski definition) is 1. The molecule has 122 valence electrons. The Bertz CT molecular complexity index is 850. The van der Waals surface area contributed by atoms with Gasteiger partial charge in [0.2, 0.25) is 0 Å². The van der Waals surface area contributed by atoms with Gasteiger partial charge >= 0.3 is 0 Å². The number of allylic oxidation sites excluding steroid dienone is 5. The molecule has 1 heteroatoms. The van der Waals surface area contributed by atoms with Gasteiger partial charge in [-0.3, -0.25) is 0 Å². The molecule has 0 radical (unpaired) electrons. The molecule has 0 amide bonds. The van der Waals surface area contributed by atoms with E-state index < -0.39 is 0 Å². The van der Waals surface area contributed by atoms with Crippen LogP contribution in [0.4, 0.5) is 11.4 Å². The lowest BCUT2D eigenvalue weighted by molar-refractivity contribution is 0.638. The summed E-state index contributed by atoms with van der Waals surface area (Å²) in [6.07, 6.45) is 6.36. The molecule has 0 aliphatic carbocycles. The van der Waals surface area contributed by atoms with Gasteiger partial charge in [0.25, 0.3) is 0 Å². The van der Waals surface area contributed by atoms with Crippen LogP contribution in [-0.2, 0) is 5.41 Å². The Kier molecular flexibility index (Phi) is 4.19. The molecule has 1 N–H and O–H groups in total. The maximum absolute atomic E-state index is 4.03. The summed E-state index contributed by atoms with van der Waals surface area (Å²) in [5.74, 6) is 0.